The van der Waals surface area contributed by atoms with E-state index in [0.29, 0.717) is 0 Å². The molecule has 2 heteroatoms. The fourth-order valence-electron chi connectivity index (χ4n) is 0.890. The molecule has 0 fully saturated rings. The summed E-state index contributed by atoms with van der Waals surface area (Å²) in [5.74, 6) is 0. The molecule has 0 saturated carbocycles. The minimum atomic E-state index is 0.0752. The van der Waals surface area contributed by atoms with Crippen LogP contribution < -0.4 is 5.32 Å². The highest BCUT2D eigenvalue weighted by Crippen LogP contribution is 1.85. The molecular formula is C7H13NSi. The van der Waals surface area contributed by atoms with Crippen LogP contribution in [0.4, 0.5) is 0 Å². The lowest BCUT2D eigenvalue weighted by molar-refractivity contribution is 1.08. The molecule has 0 amide bonds. The first-order valence-electron chi connectivity index (χ1n) is 3.55. The SMILES string of the molecule is CCC[SiH2]c1ccc[nH]1. The standard InChI is InChI=1S/C7H13NSi/c1-2-6-9-7-4-3-5-8-7/h3-5,8H,2,6,9H2,1H3. The zero-order chi connectivity index (χ0) is 6.53. The molecule has 0 saturated heterocycles. The van der Waals surface area contributed by atoms with Crippen molar-refractivity contribution in [2.24, 2.45) is 0 Å². The van der Waals surface area contributed by atoms with Gasteiger partial charge in [0.1, 0.15) is 0 Å². The fourth-order valence-corrected chi connectivity index (χ4v) is 2.19. The number of H-pyrrole nitrogens is 1. The number of aromatic amines is 1. The molecule has 0 aliphatic heterocycles. The molecule has 1 aromatic heterocycles. The molecular weight excluding hydrogens is 126 g/mol. The molecule has 9 heavy (non-hydrogen) atoms. The van der Waals surface area contributed by atoms with E-state index in [4.69, 9.17) is 0 Å². The molecule has 1 rings (SSSR count). The van der Waals surface area contributed by atoms with Gasteiger partial charge in [0.05, 0.1) is 9.52 Å². The molecule has 1 aromatic rings. The lowest BCUT2D eigenvalue weighted by Gasteiger charge is -1.90. The van der Waals surface area contributed by atoms with Gasteiger partial charge < -0.3 is 4.98 Å². The zero-order valence-electron chi connectivity index (χ0n) is 5.85. The van der Waals surface area contributed by atoms with Gasteiger partial charge in [-0.05, 0) is 17.4 Å². The van der Waals surface area contributed by atoms with Crippen LogP contribution in [-0.4, -0.2) is 14.5 Å². The summed E-state index contributed by atoms with van der Waals surface area (Å²) >= 11 is 0. The Morgan fingerprint density at radius 3 is 3.11 bits per heavy atom. The topological polar surface area (TPSA) is 15.8 Å². The maximum absolute atomic E-state index is 3.23. The Balaban J connectivity index is 2.30. The van der Waals surface area contributed by atoms with E-state index in [0.717, 1.165) is 0 Å². The van der Waals surface area contributed by atoms with Crippen LogP contribution in [0.15, 0.2) is 18.3 Å². The number of aromatic nitrogens is 1. The van der Waals surface area contributed by atoms with E-state index in [2.05, 4.69) is 24.0 Å². The second-order valence-corrected chi connectivity index (χ2v) is 4.27. The third-order valence-electron chi connectivity index (χ3n) is 1.46. The van der Waals surface area contributed by atoms with Gasteiger partial charge in [-0.25, -0.2) is 0 Å². The normalized spacial score (nSPS) is 11.2. The minimum absolute atomic E-state index is 0.0752. The highest BCUT2D eigenvalue weighted by Gasteiger charge is 1.89. The van der Waals surface area contributed by atoms with Crippen molar-refractivity contribution in [3.63, 3.8) is 0 Å². The van der Waals surface area contributed by atoms with Crippen molar-refractivity contribution >= 4 is 14.8 Å². The Hall–Kier alpha value is -0.503. The van der Waals surface area contributed by atoms with Gasteiger partial charge in [0, 0.05) is 6.20 Å². The number of hydrogen-bond donors (Lipinski definition) is 1. The van der Waals surface area contributed by atoms with Crippen molar-refractivity contribution in [1.82, 2.24) is 4.98 Å². The molecule has 0 spiro atoms. The van der Waals surface area contributed by atoms with Crippen LogP contribution in [0, 0.1) is 0 Å². The van der Waals surface area contributed by atoms with Gasteiger partial charge in [0.25, 0.3) is 0 Å². The Kier molecular flexibility index (Phi) is 2.58. The van der Waals surface area contributed by atoms with E-state index in [1.54, 1.807) is 0 Å². The first kappa shape index (κ1) is 6.61. The lowest BCUT2D eigenvalue weighted by atomic mass is 10.6. The van der Waals surface area contributed by atoms with Crippen LogP contribution >= 0.6 is 0 Å². The van der Waals surface area contributed by atoms with E-state index in [9.17, 15) is 0 Å². The van der Waals surface area contributed by atoms with Crippen molar-refractivity contribution in [2.45, 2.75) is 19.4 Å². The van der Waals surface area contributed by atoms with Gasteiger partial charge in [-0.1, -0.05) is 19.4 Å². The monoisotopic (exact) mass is 139 g/mol. The Bertz CT molecular complexity index is 146. The average Bonchev–Trinajstić information content (AvgIpc) is 2.34. The second-order valence-electron chi connectivity index (χ2n) is 2.30. The Morgan fingerprint density at radius 1 is 1.67 bits per heavy atom. The number of hydrogen-bond acceptors (Lipinski definition) is 0. The van der Waals surface area contributed by atoms with Crippen LogP contribution in [0.2, 0.25) is 6.04 Å². The molecule has 0 atom stereocenters. The van der Waals surface area contributed by atoms with E-state index in [-0.39, 0.29) is 9.52 Å². The molecule has 0 aliphatic rings. The summed E-state index contributed by atoms with van der Waals surface area (Å²) in [6.45, 7) is 2.25. The van der Waals surface area contributed by atoms with Crippen LogP contribution in [0.25, 0.3) is 0 Å². The van der Waals surface area contributed by atoms with E-state index in [1.807, 2.05) is 6.20 Å². The lowest BCUT2D eigenvalue weighted by Crippen LogP contribution is -2.13. The van der Waals surface area contributed by atoms with Gasteiger partial charge >= 0.3 is 0 Å². The molecule has 1 heterocycles. The van der Waals surface area contributed by atoms with Crippen molar-refractivity contribution in [2.75, 3.05) is 0 Å². The smallest absolute Gasteiger partial charge is 0.0754 e. The largest absolute Gasteiger partial charge is 0.369 e. The maximum atomic E-state index is 3.23. The predicted molar refractivity (Wildman–Crippen MR) is 44.1 cm³/mol. The Labute approximate surface area is 58.3 Å². The average molecular weight is 139 g/mol. The molecule has 1 nitrogen and oxygen atoms in total. The summed E-state index contributed by atoms with van der Waals surface area (Å²) in [4.78, 5) is 3.23. The van der Waals surface area contributed by atoms with Gasteiger partial charge in [0.2, 0.25) is 0 Å². The number of rotatable bonds is 3. The van der Waals surface area contributed by atoms with Gasteiger partial charge in [-0.2, -0.15) is 0 Å². The molecule has 1 N–H and O–H groups in total. The minimum Gasteiger partial charge on any atom is -0.369 e. The third-order valence-corrected chi connectivity index (χ3v) is 3.50. The molecule has 0 radical (unpaired) electrons. The van der Waals surface area contributed by atoms with Gasteiger partial charge in [-0.15, -0.1) is 0 Å². The van der Waals surface area contributed by atoms with Crippen molar-refractivity contribution in [3.05, 3.63) is 18.3 Å². The summed E-state index contributed by atoms with van der Waals surface area (Å²) in [5.41, 5.74) is 0. The first-order valence-corrected chi connectivity index (χ1v) is 5.26. The highest BCUT2D eigenvalue weighted by molar-refractivity contribution is 6.52. The summed E-state index contributed by atoms with van der Waals surface area (Å²) in [7, 11) is 0.0752. The van der Waals surface area contributed by atoms with E-state index in [1.165, 1.54) is 17.8 Å². The summed E-state index contributed by atoms with van der Waals surface area (Å²) in [6, 6.07) is 5.71. The highest BCUT2D eigenvalue weighted by atomic mass is 28.2. The molecule has 50 valence electrons. The first-order chi connectivity index (χ1) is 4.43. The third kappa shape index (κ3) is 2.06. The van der Waals surface area contributed by atoms with Crippen molar-refractivity contribution in [3.8, 4) is 0 Å². The van der Waals surface area contributed by atoms with Crippen molar-refractivity contribution < 1.29 is 0 Å². The van der Waals surface area contributed by atoms with Crippen LogP contribution in [0.5, 0.6) is 0 Å². The second kappa shape index (κ2) is 3.51. The molecule has 0 unspecified atom stereocenters. The van der Waals surface area contributed by atoms with Crippen LogP contribution in [0.1, 0.15) is 13.3 Å². The van der Waals surface area contributed by atoms with Crippen LogP contribution in [0.3, 0.4) is 0 Å². The molecule has 0 bridgehead atoms. The summed E-state index contributed by atoms with van der Waals surface area (Å²) in [6.07, 6.45) is 3.35. The fraction of sp³-hybridized carbons (Fsp3) is 0.429. The Morgan fingerprint density at radius 2 is 2.56 bits per heavy atom. The van der Waals surface area contributed by atoms with Crippen molar-refractivity contribution in [1.29, 1.82) is 0 Å². The van der Waals surface area contributed by atoms with E-state index >= 15 is 0 Å². The summed E-state index contributed by atoms with van der Waals surface area (Å²) in [5, 5.41) is 1.50. The van der Waals surface area contributed by atoms with E-state index < -0.39 is 0 Å². The predicted octanol–water partition coefficient (Wildman–Crippen LogP) is 0.637. The number of nitrogens with one attached hydrogen (secondary N) is 1. The maximum Gasteiger partial charge on any atom is 0.0754 e. The van der Waals surface area contributed by atoms with Crippen LogP contribution in [-0.2, 0) is 0 Å². The quantitative estimate of drug-likeness (QED) is 0.591. The molecule has 0 aliphatic carbocycles. The van der Waals surface area contributed by atoms with Gasteiger partial charge in [-0.3, -0.25) is 0 Å². The summed E-state index contributed by atoms with van der Waals surface area (Å²) < 4.78 is 0. The zero-order valence-corrected chi connectivity index (χ0v) is 7.27. The molecule has 0 aromatic carbocycles. The van der Waals surface area contributed by atoms with Gasteiger partial charge in [0.15, 0.2) is 0 Å².